The summed E-state index contributed by atoms with van der Waals surface area (Å²) < 4.78 is 0. The molecule has 1 aromatic carbocycles. The maximum Gasteiger partial charge on any atom is 0.125 e. The molecule has 1 heterocycles. The van der Waals surface area contributed by atoms with E-state index < -0.39 is 0 Å². The van der Waals surface area contributed by atoms with Gasteiger partial charge in [0.1, 0.15) is 5.82 Å². The van der Waals surface area contributed by atoms with Gasteiger partial charge in [-0.05, 0) is 23.3 Å². The van der Waals surface area contributed by atoms with Crippen molar-refractivity contribution in [2.24, 2.45) is 0 Å². The predicted octanol–water partition coefficient (Wildman–Crippen LogP) is 2.28. The lowest BCUT2D eigenvalue weighted by atomic mass is 10.0. The zero-order valence-corrected chi connectivity index (χ0v) is 9.14. The van der Waals surface area contributed by atoms with Crippen molar-refractivity contribution in [1.29, 1.82) is 0 Å². The molecule has 0 aliphatic heterocycles. The van der Waals surface area contributed by atoms with Crippen LogP contribution in [0.15, 0.2) is 42.6 Å². The average Bonchev–Trinajstić information content (AvgIpc) is 2.39. The second-order valence-electron chi connectivity index (χ2n) is 3.50. The SMILES string of the molecule is CNc1ccc(-c2ccccc2CO)cn1. The first kappa shape index (κ1) is 10.6. The second-order valence-corrected chi connectivity index (χ2v) is 3.50. The van der Waals surface area contributed by atoms with E-state index in [0.717, 1.165) is 22.5 Å². The highest BCUT2D eigenvalue weighted by molar-refractivity contribution is 5.67. The number of hydrogen-bond donors (Lipinski definition) is 2. The Labute approximate surface area is 94.8 Å². The number of benzene rings is 1. The average molecular weight is 214 g/mol. The first-order valence-electron chi connectivity index (χ1n) is 5.18. The van der Waals surface area contributed by atoms with Crippen LogP contribution in [0, 0.1) is 0 Å². The number of aliphatic hydroxyl groups excluding tert-OH is 1. The van der Waals surface area contributed by atoms with Crippen LogP contribution in [0.3, 0.4) is 0 Å². The zero-order chi connectivity index (χ0) is 11.4. The van der Waals surface area contributed by atoms with E-state index in [-0.39, 0.29) is 6.61 Å². The molecule has 0 unspecified atom stereocenters. The minimum absolute atomic E-state index is 0.0456. The summed E-state index contributed by atoms with van der Waals surface area (Å²) >= 11 is 0. The first-order chi connectivity index (χ1) is 7.85. The standard InChI is InChI=1S/C13H14N2O/c1-14-13-7-6-10(8-15-13)12-5-3-2-4-11(12)9-16/h2-8,16H,9H2,1H3,(H,14,15). The van der Waals surface area contributed by atoms with Gasteiger partial charge < -0.3 is 10.4 Å². The molecule has 0 aliphatic carbocycles. The number of nitrogens with zero attached hydrogens (tertiary/aromatic N) is 1. The fourth-order valence-corrected chi connectivity index (χ4v) is 1.64. The highest BCUT2D eigenvalue weighted by Gasteiger charge is 2.03. The van der Waals surface area contributed by atoms with Crippen molar-refractivity contribution in [3.63, 3.8) is 0 Å². The second kappa shape index (κ2) is 4.77. The van der Waals surface area contributed by atoms with Gasteiger partial charge in [-0.1, -0.05) is 24.3 Å². The lowest BCUT2D eigenvalue weighted by Crippen LogP contribution is -1.93. The Morgan fingerprint density at radius 2 is 2.00 bits per heavy atom. The monoisotopic (exact) mass is 214 g/mol. The number of aromatic nitrogens is 1. The lowest BCUT2D eigenvalue weighted by molar-refractivity contribution is 0.282. The third-order valence-electron chi connectivity index (χ3n) is 2.52. The molecule has 0 aliphatic rings. The largest absolute Gasteiger partial charge is 0.392 e. The van der Waals surface area contributed by atoms with Gasteiger partial charge >= 0.3 is 0 Å². The molecule has 0 fully saturated rings. The normalized spacial score (nSPS) is 10.1. The third kappa shape index (κ3) is 2.04. The molecule has 3 nitrogen and oxygen atoms in total. The van der Waals surface area contributed by atoms with Crippen LogP contribution in [0.4, 0.5) is 5.82 Å². The topological polar surface area (TPSA) is 45.1 Å². The summed E-state index contributed by atoms with van der Waals surface area (Å²) in [4.78, 5) is 4.26. The number of pyridine rings is 1. The van der Waals surface area contributed by atoms with E-state index in [1.807, 2.05) is 43.4 Å². The fourth-order valence-electron chi connectivity index (χ4n) is 1.64. The van der Waals surface area contributed by atoms with Crippen LogP contribution < -0.4 is 5.32 Å². The Hall–Kier alpha value is -1.87. The van der Waals surface area contributed by atoms with Crippen LogP contribution in [-0.2, 0) is 6.61 Å². The van der Waals surface area contributed by atoms with E-state index in [0.29, 0.717) is 0 Å². The number of nitrogens with one attached hydrogen (secondary N) is 1. The van der Waals surface area contributed by atoms with Gasteiger partial charge in [-0.15, -0.1) is 0 Å². The van der Waals surface area contributed by atoms with Crippen molar-refractivity contribution in [3.8, 4) is 11.1 Å². The summed E-state index contributed by atoms with van der Waals surface area (Å²) in [6, 6.07) is 11.7. The Balaban J connectivity index is 2.42. The van der Waals surface area contributed by atoms with Crippen molar-refractivity contribution in [2.45, 2.75) is 6.61 Å². The van der Waals surface area contributed by atoms with E-state index in [1.54, 1.807) is 6.20 Å². The van der Waals surface area contributed by atoms with Crippen LogP contribution in [0.2, 0.25) is 0 Å². The molecule has 0 spiro atoms. The van der Waals surface area contributed by atoms with Crippen LogP contribution in [-0.4, -0.2) is 17.1 Å². The summed E-state index contributed by atoms with van der Waals surface area (Å²) in [6.07, 6.45) is 1.81. The van der Waals surface area contributed by atoms with E-state index in [4.69, 9.17) is 0 Å². The molecule has 0 saturated carbocycles. The molecule has 0 radical (unpaired) electrons. The van der Waals surface area contributed by atoms with E-state index in [1.165, 1.54) is 0 Å². The lowest BCUT2D eigenvalue weighted by Gasteiger charge is -2.07. The maximum absolute atomic E-state index is 9.25. The van der Waals surface area contributed by atoms with Crippen molar-refractivity contribution >= 4 is 5.82 Å². The predicted molar refractivity (Wildman–Crippen MR) is 65.1 cm³/mol. The number of aliphatic hydroxyl groups is 1. The first-order valence-corrected chi connectivity index (χ1v) is 5.18. The van der Waals surface area contributed by atoms with Gasteiger partial charge in [0, 0.05) is 18.8 Å². The highest BCUT2D eigenvalue weighted by atomic mass is 16.3. The summed E-state index contributed by atoms with van der Waals surface area (Å²) in [5.41, 5.74) is 2.96. The quantitative estimate of drug-likeness (QED) is 0.824. The Morgan fingerprint density at radius 3 is 2.62 bits per heavy atom. The number of anilines is 1. The van der Waals surface area contributed by atoms with Gasteiger partial charge in [-0.25, -0.2) is 4.98 Å². The Kier molecular flexibility index (Phi) is 3.17. The summed E-state index contributed by atoms with van der Waals surface area (Å²) in [5, 5.41) is 12.2. The van der Waals surface area contributed by atoms with Crippen molar-refractivity contribution in [2.75, 3.05) is 12.4 Å². The van der Waals surface area contributed by atoms with Crippen molar-refractivity contribution in [1.82, 2.24) is 4.98 Å². The zero-order valence-electron chi connectivity index (χ0n) is 9.14. The minimum Gasteiger partial charge on any atom is -0.392 e. The third-order valence-corrected chi connectivity index (χ3v) is 2.52. The molecule has 16 heavy (non-hydrogen) atoms. The van der Waals surface area contributed by atoms with Gasteiger partial charge in [0.15, 0.2) is 0 Å². The smallest absolute Gasteiger partial charge is 0.125 e. The highest BCUT2D eigenvalue weighted by Crippen LogP contribution is 2.23. The van der Waals surface area contributed by atoms with Gasteiger partial charge in [-0.3, -0.25) is 0 Å². The molecular formula is C13H14N2O. The molecule has 0 atom stereocenters. The van der Waals surface area contributed by atoms with Gasteiger partial charge in [0.05, 0.1) is 6.61 Å². The van der Waals surface area contributed by atoms with Crippen LogP contribution in [0.1, 0.15) is 5.56 Å². The molecule has 0 amide bonds. The molecule has 2 aromatic rings. The molecular weight excluding hydrogens is 200 g/mol. The number of rotatable bonds is 3. The fraction of sp³-hybridized carbons (Fsp3) is 0.154. The van der Waals surface area contributed by atoms with E-state index >= 15 is 0 Å². The Bertz CT molecular complexity index is 466. The summed E-state index contributed by atoms with van der Waals surface area (Å²) in [5.74, 6) is 0.838. The molecule has 2 N–H and O–H groups in total. The molecule has 2 rings (SSSR count). The molecule has 3 heteroatoms. The van der Waals surface area contributed by atoms with Gasteiger partial charge in [-0.2, -0.15) is 0 Å². The Morgan fingerprint density at radius 1 is 1.19 bits per heavy atom. The van der Waals surface area contributed by atoms with E-state index in [2.05, 4.69) is 10.3 Å². The van der Waals surface area contributed by atoms with Crippen molar-refractivity contribution < 1.29 is 5.11 Å². The van der Waals surface area contributed by atoms with Crippen LogP contribution in [0.25, 0.3) is 11.1 Å². The molecule has 0 saturated heterocycles. The summed E-state index contributed by atoms with van der Waals surface area (Å²) in [7, 11) is 1.84. The number of hydrogen-bond acceptors (Lipinski definition) is 3. The molecule has 1 aromatic heterocycles. The molecule has 82 valence electrons. The van der Waals surface area contributed by atoms with Crippen LogP contribution >= 0.6 is 0 Å². The van der Waals surface area contributed by atoms with Gasteiger partial charge in [0.2, 0.25) is 0 Å². The molecule has 0 bridgehead atoms. The summed E-state index contributed by atoms with van der Waals surface area (Å²) in [6.45, 7) is 0.0456. The van der Waals surface area contributed by atoms with Crippen molar-refractivity contribution in [3.05, 3.63) is 48.2 Å². The van der Waals surface area contributed by atoms with Gasteiger partial charge in [0.25, 0.3) is 0 Å². The van der Waals surface area contributed by atoms with Crippen LogP contribution in [0.5, 0.6) is 0 Å². The van der Waals surface area contributed by atoms with E-state index in [9.17, 15) is 5.11 Å². The minimum atomic E-state index is 0.0456. The maximum atomic E-state index is 9.25.